The standard InChI is InChI=1S/C24H23N5O2/c1-29-13-18(22(28-29)15-7-4-3-5-8-15)23-17-11-20(27-24(30)16-9-6-10-16)21(31-2)12-19(17)25-14-26-23/h3-5,7-8,11-14,16H,6,9-10H2,1-2H3,(H,27,30). The topological polar surface area (TPSA) is 81.9 Å². The van der Waals surface area contributed by atoms with Crippen molar-refractivity contribution >= 4 is 22.5 Å². The number of hydrogen-bond acceptors (Lipinski definition) is 5. The third-order valence-electron chi connectivity index (χ3n) is 5.82. The number of aryl methyl sites for hydroxylation is 1. The van der Waals surface area contributed by atoms with E-state index in [1.54, 1.807) is 18.1 Å². The molecular weight excluding hydrogens is 390 g/mol. The highest BCUT2D eigenvalue weighted by molar-refractivity contribution is 6.02. The zero-order chi connectivity index (χ0) is 21.4. The first kappa shape index (κ1) is 19.2. The molecule has 0 atom stereocenters. The zero-order valence-electron chi connectivity index (χ0n) is 17.5. The maximum atomic E-state index is 12.6. The lowest BCUT2D eigenvalue weighted by Gasteiger charge is -2.24. The number of nitrogens with zero attached hydrogens (tertiary/aromatic N) is 4. The van der Waals surface area contributed by atoms with Gasteiger partial charge in [-0.2, -0.15) is 5.10 Å². The number of methoxy groups -OCH3 is 1. The summed E-state index contributed by atoms with van der Waals surface area (Å²) in [5.41, 5.74) is 4.90. The number of carbonyl (C=O) groups excluding carboxylic acids is 1. The number of rotatable bonds is 5. The van der Waals surface area contributed by atoms with E-state index in [1.807, 2.05) is 55.7 Å². The minimum Gasteiger partial charge on any atom is -0.494 e. The summed E-state index contributed by atoms with van der Waals surface area (Å²) in [6, 6.07) is 13.8. The molecule has 0 radical (unpaired) electrons. The molecule has 0 spiro atoms. The van der Waals surface area contributed by atoms with Gasteiger partial charge in [-0.05, 0) is 18.9 Å². The van der Waals surface area contributed by atoms with E-state index < -0.39 is 0 Å². The average molecular weight is 413 g/mol. The fraction of sp³-hybridized carbons (Fsp3) is 0.250. The number of nitrogens with one attached hydrogen (secondary N) is 1. The number of fused-ring (bicyclic) bond motifs is 1. The van der Waals surface area contributed by atoms with Crippen molar-refractivity contribution in [3.63, 3.8) is 0 Å². The molecule has 0 aliphatic heterocycles. The number of aromatic nitrogens is 4. The van der Waals surface area contributed by atoms with Crippen LogP contribution >= 0.6 is 0 Å². The summed E-state index contributed by atoms with van der Waals surface area (Å²) < 4.78 is 7.32. The molecule has 7 heteroatoms. The Morgan fingerprint density at radius 1 is 1.13 bits per heavy atom. The molecule has 1 saturated carbocycles. The predicted octanol–water partition coefficient (Wildman–Crippen LogP) is 4.44. The van der Waals surface area contributed by atoms with Crippen LogP contribution in [-0.2, 0) is 11.8 Å². The van der Waals surface area contributed by atoms with Crippen LogP contribution in [0.15, 0.2) is 55.0 Å². The average Bonchev–Trinajstić information content (AvgIpc) is 3.13. The molecule has 1 fully saturated rings. The van der Waals surface area contributed by atoms with Crippen molar-refractivity contribution in [2.75, 3.05) is 12.4 Å². The van der Waals surface area contributed by atoms with Gasteiger partial charge in [0.05, 0.1) is 24.0 Å². The maximum Gasteiger partial charge on any atom is 0.227 e. The van der Waals surface area contributed by atoms with Crippen LogP contribution in [0.5, 0.6) is 5.75 Å². The maximum absolute atomic E-state index is 12.6. The van der Waals surface area contributed by atoms with Gasteiger partial charge in [0.1, 0.15) is 17.8 Å². The molecule has 31 heavy (non-hydrogen) atoms. The Hall–Kier alpha value is -3.74. The van der Waals surface area contributed by atoms with E-state index in [-0.39, 0.29) is 11.8 Å². The van der Waals surface area contributed by atoms with E-state index in [1.165, 1.54) is 0 Å². The van der Waals surface area contributed by atoms with Crippen molar-refractivity contribution in [3.8, 4) is 28.3 Å². The largest absolute Gasteiger partial charge is 0.494 e. The van der Waals surface area contributed by atoms with E-state index in [9.17, 15) is 4.79 Å². The van der Waals surface area contributed by atoms with Crippen LogP contribution in [0, 0.1) is 5.92 Å². The third kappa shape index (κ3) is 3.52. The van der Waals surface area contributed by atoms with Gasteiger partial charge >= 0.3 is 0 Å². The van der Waals surface area contributed by atoms with Crippen LogP contribution < -0.4 is 10.1 Å². The lowest BCUT2D eigenvalue weighted by molar-refractivity contribution is -0.122. The van der Waals surface area contributed by atoms with Gasteiger partial charge in [0.2, 0.25) is 5.91 Å². The molecule has 1 N–H and O–H groups in total. The fourth-order valence-corrected chi connectivity index (χ4v) is 3.94. The highest BCUT2D eigenvalue weighted by atomic mass is 16.5. The summed E-state index contributed by atoms with van der Waals surface area (Å²) >= 11 is 0. The fourth-order valence-electron chi connectivity index (χ4n) is 3.94. The van der Waals surface area contributed by atoms with Gasteiger partial charge in [-0.3, -0.25) is 9.48 Å². The first-order chi connectivity index (χ1) is 15.1. The molecule has 2 heterocycles. The number of ether oxygens (including phenoxy) is 1. The van der Waals surface area contributed by atoms with E-state index in [0.29, 0.717) is 11.4 Å². The third-order valence-corrected chi connectivity index (χ3v) is 5.82. The second-order valence-corrected chi connectivity index (χ2v) is 7.84. The minimum absolute atomic E-state index is 0.0358. The van der Waals surface area contributed by atoms with Crippen LogP contribution in [0.1, 0.15) is 19.3 Å². The zero-order valence-corrected chi connectivity index (χ0v) is 17.5. The summed E-state index contributed by atoms with van der Waals surface area (Å²) in [7, 11) is 3.49. The Bertz CT molecular complexity index is 1260. The number of anilines is 1. The quantitative estimate of drug-likeness (QED) is 0.523. The van der Waals surface area contributed by atoms with Crippen molar-refractivity contribution in [2.45, 2.75) is 19.3 Å². The van der Waals surface area contributed by atoms with E-state index in [4.69, 9.17) is 4.74 Å². The van der Waals surface area contributed by atoms with Gasteiger partial charge in [-0.15, -0.1) is 0 Å². The van der Waals surface area contributed by atoms with Crippen LogP contribution in [-0.4, -0.2) is 32.8 Å². The molecule has 4 aromatic rings. The van der Waals surface area contributed by atoms with Gasteiger partial charge in [0.25, 0.3) is 0 Å². The minimum atomic E-state index is 0.0358. The van der Waals surface area contributed by atoms with Gasteiger partial charge in [0.15, 0.2) is 0 Å². The van der Waals surface area contributed by atoms with Gasteiger partial charge < -0.3 is 10.1 Å². The molecule has 2 aromatic heterocycles. The van der Waals surface area contributed by atoms with Crippen molar-refractivity contribution < 1.29 is 9.53 Å². The van der Waals surface area contributed by atoms with Crippen LogP contribution in [0.4, 0.5) is 5.69 Å². The highest BCUT2D eigenvalue weighted by Gasteiger charge is 2.26. The highest BCUT2D eigenvalue weighted by Crippen LogP contribution is 2.38. The molecule has 1 amide bonds. The Morgan fingerprint density at radius 2 is 1.94 bits per heavy atom. The van der Waals surface area contributed by atoms with Crippen molar-refractivity contribution in [3.05, 3.63) is 55.0 Å². The number of hydrogen-bond donors (Lipinski definition) is 1. The molecule has 0 bridgehead atoms. The monoisotopic (exact) mass is 413 g/mol. The molecule has 1 aliphatic carbocycles. The van der Waals surface area contributed by atoms with Crippen molar-refractivity contribution in [2.24, 2.45) is 13.0 Å². The number of amides is 1. The lowest BCUT2D eigenvalue weighted by atomic mass is 9.85. The first-order valence-corrected chi connectivity index (χ1v) is 10.4. The smallest absolute Gasteiger partial charge is 0.227 e. The van der Waals surface area contributed by atoms with E-state index in [2.05, 4.69) is 20.4 Å². The summed E-state index contributed by atoms with van der Waals surface area (Å²) in [5, 5.41) is 8.55. The summed E-state index contributed by atoms with van der Waals surface area (Å²) in [5.74, 6) is 0.697. The lowest BCUT2D eigenvalue weighted by Crippen LogP contribution is -2.28. The van der Waals surface area contributed by atoms with Crippen molar-refractivity contribution in [1.29, 1.82) is 0 Å². The van der Waals surface area contributed by atoms with E-state index in [0.717, 1.165) is 52.7 Å². The molecule has 0 unspecified atom stereocenters. The van der Waals surface area contributed by atoms with Gasteiger partial charge in [-0.1, -0.05) is 36.8 Å². The molecule has 7 nitrogen and oxygen atoms in total. The molecule has 5 rings (SSSR count). The Morgan fingerprint density at radius 3 is 2.65 bits per heavy atom. The van der Waals surface area contributed by atoms with Gasteiger partial charge in [0, 0.05) is 41.7 Å². The first-order valence-electron chi connectivity index (χ1n) is 10.4. The summed E-state index contributed by atoms with van der Waals surface area (Å²) in [6.45, 7) is 0. The Kier molecular flexibility index (Phi) is 4.86. The SMILES string of the molecule is COc1cc2ncnc(-c3cn(C)nc3-c3ccccc3)c2cc1NC(=O)C1CCC1. The normalized spacial score (nSPS) is 13.7. The number of carbonyl (C=O) groups is 1. The predicted molar refractivity (Wildman–Crippen MR) is 120 cm³/mol. The van der Waals surface area contributed by atoms with Crippen LogP contribution in [0.25, 0.3) is 33.4 Å². The molecule has 2 aromatic carbocycles. The summed E-state index contributed by atoms with van der Waals surface area (Å²) in [6.07, 6.45) is 6.49. The second kappa shape index (κ2) is 7.83. The molecule has 156 valence electrons. The van der Waals surface area contributed by atoms with E-state index >= 15 is 0 Å². The molecular formula is C24H23N5O2. The second-order valence-electron chi connectivity index (χ2n) is 7.84. The van der Waals surface area contributed by atoms with Gasteiger partial charge in [-0.25, -0.2) is 9.97 Å². The Balaban J connectivity index is 1.65. The van der Waals surface area contributed by atoms with Crippen LogP contribution in [0.3, 0.4) is 0 Å². The summed E-state index contributed by atoms with van der Waals surface area (Å²) in [4.78, 5) is 21.6. The molecule has 0 saturated heterocycles. The van der Waals surface area contributed by atoms with Crippen LogP contribution in [0.2, 0.25) is 0 Å². The van der Waals surface area contributed by atoms with Crippen molar-refractivity contribution in [1.82, 2.24) is 19.7 Å². The Labute approximate surface area is 180 Å². The molecule has 1 aliphatic rings. The number of benzene rings is 2.